The fourth-order valence-electron chi connectivity index (χ4n) is 5.43. The number of para-hydroxylation sites is 1. The molecule has 0 saturated heterocycles. The van der Waals surface area contributed by atoms with Gasteiger partial charge in [-0.1, -0.05) is 62.4 Å². The molecule has 0 spiro atoms. The van der Waals surface area contributed by atoms with Gasteiger partial charge in [0.25, 0.3) is 0 Å². The zero-order valence-electron chi connectivity index (χ0n) is 23.1. The molecule has 7 heteroatoms. The standard InChI is InChI=1S/C33H32FN5O/c1-21(2)24-13-15-25(16-14-24)31-30-11-8-18-37(30)32-28(23(4)36-39(32)27-9-6-5-7-10-27)20-38(31)33(40)35-26-17-12-22(3)29(34)19-26/h5-19,21,31H,20H2,1-4H3,(H,35,40)/t31-/m1/s1. The van der Waals surface area contributed by atoms with Crippen molar-refractivity contribution in [1.29, 1.82) is 0 Å². The number of nitrogens with zero attached hydrogens (tertiary/aromatic N) is 4. The van der Waals surface area contributed by atoms with Crippen molar-refractivity contribution in [2.75, 3.05) is 5.32 Å². The van der Waals surface area contributed by atoms with Crippen molar-refractivity contribution < 1.29 is 9.18 Å². The van der Waals surface area contributed by atoms with E-state index in [2.05, 4.69) is 54.1 Å². The third-order valence-electron chi connectivity index (χ3n) is 7.69. The SMILES string of the molecule is Cc1ccc(NC(=O)N2Cc3c(C)nn(-c4ccccc4)c3-n3cccc3[C@H]2c2ccc(C(C)C)cc2)cc1F. The molecule has 6 rings (SSSR count). The fraction of sp³-hybridized carbons (Fsp3) is 0.212. The van der Waals surface area contributed by atoms with Crippen LogP contribution in [0, 0.1) is 19.7 Å². The third-order valence-corrected chi connectivity index (χ3v) is 7.69. The molecule has 3 heterocycles. The number of rotatable bonds is 4. The van der Waals surface area contributed by atoms with Crippen LogP contribution in [0.4, 0.5) is 14.9 Å². The Hall–Kier alpha value is -4.65. The van der Waals surface area contributed by atoms with Crippen LogP contribution in [-0.4, -0.2) is 25.3 Å². The molecule has 1 aliphatic heterocycles. The highest BCUT2D eigenvalue weighted by molar-refractivity contribution is 5.90. The lowest BCUT2D eigenvalue weighted by atomic mass is 9.97. The first kappa shape index (κ1) is 25.6. The summed E-state index contributed by atoms with van der Waals surface area (Å²) in [5, 5.41) is 7.86. The largest absolute Gasteiger partial charge is 0.322 e. The molecule has 202 valence electrons. The van der Waals surface area contributed by atoms with E-state index in [1.807, 2.05) is 59.1 Å². The number of nitrogens with one attached hydrogen (secondary N) is 1. The summed E-state index contributed by atoms with van der Waals surface area (Å²) in [6, 6.07) is 26.6. The number of hydrogen-bond acceptors (Lipinski definition) is 2. The average molecular weight is 534 g/mol. The molecule has 2 aromatic heterocycles. The van der Waals surface area contributed by atoms with Gasteiger partial charge >= 0.3 is 6.03 Å². The van der Waals surface area contributed by atoms with Gasteiger partial charge in [-0.15, -0.1) is 0 Å². The Morgan fingerprint density at radius 2 is 1.73 bits per heavy atom. The molecular formula is C33H32FN5O. The zero-order chi connectivity index (χ0) is 28.0. The van der Waals surface area contributed by atoms with Crippen molar-refractivity contribution in [2.24, 2.45) is 0 Å². The van der Waals surface area contributed by atoms with Gasteiger partial charge in [-0.25, -0.2) is 13.9 Å². The van der Waals surface area contributed by atoms with Gasteiger partial charge in [0.2, 0.25) is 0 Å². The van der Waals surface area contributed by atoms with Crippen LogP contribution in [0.2, 0.25) is 0 Å². The number of hydrogen-bond donors (Lipinski definition) is 1. The van der Waals surface area contributed by atoms with E-state index in [1.54, 1.807) is 19.1 Å². The van der Waals surface area contributed by atoms with Crippen LogP contribution in [0.3, 0.4) is 0 Å². The first-order valence-corrected chi connectivity index (χ1v) is 13.6. The molecule has 3 aromatic carbocycles. The Morgan fingerprint density at radius 1 is 0.975 bits per heavy atom. The number of carbonyl (C=O) groups excluding carboxylic acids is 1. The van der Waals surface area contributed by atoms with Gasteiger partial charge in [0, 0.05) is 17.4 Å². The van der Waals surface area contributed by atoms with Gasteiger partial charge < -0.3 is 14.8 Å². The van der Waals surface area contributed by atoms with E-state index < -0.39 is 0 Å². The lowest BCUT2D eigenvalue weighted by Gasteiger charge is -2.31. The number of anilines is 1. The second-order valence-electron chi connectivity index (χ2n) is 10.7. The van der Waals surface area contributed by atoms with Crippen molar-refractivity contribution in [1.82, 2.24) is 19.2 Å². The second-order valence-corrected chi connectivity index (χ2v) is 10.7. The Labute approximate surface area is 233 Å². The van der Waals surface area contributed by atoms with E-state index in [0.717, 1.165) is 34.0 Å². The smallest absolute Gasteiger partial charge is 0.308 e. The molecule has 0 fully saturated rings. The van der Waals surface area contributed by atoms with E-state index in [4.69, 9.17) is 5.10 Å². The summed E-state index contributed by atoms with van der Waals surface area (Å²) in [4.78, 5) is 15.9. The number of carbonyl (C=O) groups is 1. The van der Waals surface area contributed by atoms with Crippen molar-refractivity contribution in [3.63, 3.8) is 0 Å². The molecule has 1 atom stereocenters. The summed E-state index contributed by atoms with van der Waals surface area (Å²) in [5.74, 6) is 0.946. The minimum atomic E-state index is -0.387. The Bertz CT molecular complexity index is 1680. The van der Waals surface area contributed by atoms with E-state index >= 15 is 0 Å². The summed E-state index contributed by atoms with van der Waals surface area (Å²) in [5.41, 5.74) is 6.85. The lowest BCUT2D eigenvalue weighted by Crippen LogP contribution is -2.38. The van der Waals surface area contributed by atoms with Crippen molar-refractivity contribution in [3.05, 3.63) is 131 Å². The number of fused-ring (bicyclic) bond motifs is 3. The second kappa shape index (κ2) is 10.2. The number of benzene rings is 3. The summed E-state index contributed by atoms with van der Waals surface area (Å²) in [6.45, 7) is 8.34. The van der Waals surface area contributed by atoms with Crippen LogP contribution in [0.5, 0.6) is 0 Å². The Balaban J connectivity index is 1.51. The van der Waals surface area contributed by atoms with Gasteiger partial charge in [0.1, 0.15) is 11.6 Å². The van der Waals surface area contributed by atoms with Gasteiger partial charge in [-0.2, -0.15) is 5.10 Å². The molecule has 5 aromatic rings. The molecule has 1 N–H and O–H groups in total. The van der Waals surface area contributed by atoms with Gasteiger partial charge in [-0.05, 0) is 72.9 Å². The summed E-state index contributed by atoms with van der Waals surface area (Å²) < 4.78 is 18.5. The highest BCUT2D eigenvalue weighted by Gasteiger charge is 2.36. The predicted octanol–water partition coefficient (Wildman–Crippen LogP) is 7.68. The average Bonchev–Trinajstić information content (AvgIpc) is 3.51. The summed E-state index contributed by atoms with van der Waals surface area (Å²) in [7, 11) is 0. The van der Waals surface area contributed by atoms with E-state index in [9.17, 15) is 9.18 Å². The van der Waals surface area contributed by atoms with E-state index in [1.165, 1.54) is 11.6 Å². The Kier molecular flexibility index (Phi) is 6.50. The van der Waals surface area contributed by atoms with Gasteiger partial charge in [0.15, 0.2) is 0 Å². The third kappa shape index (κ3) is 4.47. The number of aryl methyl sites for hydroxylation is 2. The molecule has 0 unspecified atom stereocenters. The molecule has 6 nitrogen and oxygen atoms in total. The van der Waals surface area contributed by atoms with E-state index in [0.29, 0.717) is 23.7 Å². The molecule has 0 aliphatic carbocycles. The minimum Gasteiger partial charge on any atom is -0.308 e. The number of urea groups is 1. The maximum atomic E-state index is 14.4. The molecule has 0 saturated carbocycles. The topological polar surface area (TPSA) is 55.1 Å². The van der Waals surface area contributed by atoms with Crippen molar-refractivity contribution in [3.8, 4) is 11.5 Å². The quantitative estimate of drug-likeness (QED) is 0.258. The monoisotopic (exact) mass is 533 g/mol. The molecule has 1 aliphatic rings. The minimum absolute atomic E-state index is 0.311. The fourth-order valence-corrected chi connectivity index (χ4v) is 5.43. The van der Waals surface area contributed by atoms with Crippen LogP contribution < -0.4 is 5.32 Å². The molecule has 0 radical (unpaired) electrons. The summed E-state index contributed by atoms with van der Waals surface area (Å²) >= 11 is 0. The number of amides is 2. The maximum absolute atomic E-state index is 14.4. The number of halogens is 1. The van der Waals surface area contributed by atoms with Crippen LogP contribution in [-0.2, 0) is 6.54 Å². The lowest BCUT2D eigenvalue weighted by molar-refractivity contribution is 0.194. The zero-order valence-corrected chi connectivity index (χ0v) is 23.1. The molecule has 2 amide bonds. The highest BCUT2D eigenvalue weighted by Crippen LogP contribution is 2.39. The predicted molar refractivity (Wildman–Crippen MR) is 156 cm³/mol. The summed E-state index contributed by atoms with van der Waals surface area (Å²) in [6.07, 6.45) is 2.03. The van der Waals surface area contributed by atoms with Gasteiger partial charge in [0.05, 0.1) is 29.7 Å². The normalized spacial score (nSPS) is 14.6. The van der Waals surface area contributed by atoms with Crippen LogP contribution in [0.15, 0.2) is 91.1 Å². The van der Waals surface area contributed by atoms with Crippen LogP contribution in [0.1, 0.15) is 59.4 Å². The number of aromatic nitrogens is 3. The molecular weight excluding hydrogens is 501 g/mol. The van der Waals surface area contributed by atoms with Crippen molar-refractivity contribution >= 4 is 11.7 Å². The van der Waals surface area contributed by atoms with E-state index in [-0.39, 0.29) is 17.9 Å². The van der Waals surface area contributed by atoms with Crippen molar-refractivity contribution in [2.45, 2.75) is 46.2 Å². The highest BCUT2D eigenvalue weighted by atomic mass is 19.1. The first-order valence-electron chi connectivity index (χ1n) is 13.6. The maximum Gasteiger partial charge on any atom is 0.322 e. The van der Waals surface area contributed by atoms with Crippen LogP contribution >= 0.6 is 0 Å². The Morgan fingerprint density at radius 3 is 2.42 bits per heavy atom. The van der Waals surface area contributed by atoms with Crippen LogP contribution in [0.25, 0.3) is 11.5 Å². The van der Waals surface area contributed by atoms with Gasteiger partial charge in [-0.3, -0.25) is 0 Å². The molecule has 40 heavy (non-hydrogen) atoms. The molecule has 0 bridgehead atoms. The first-order chi connectivity index (χ1) is 19.3.